The van der Waals surface area contributed by atoms with Crippen LogP contribution in [-0.2, 0) is 19.5 Å². The van der Waals surface area contributed by atoms with Crippen molar-refractivity contribution in [1.29, 1.82) is 0 Å². The summed E-state index contributed by atoms with van der Waals surface area (Å²) in [6.45, 7) is 2.96. The van der Waals surface area contributed by atoms with E-state index in [0.717, 1.165) is 42.4 Å². The van der Waals surface area contributed by atoms with Crippen LogP contribution in [-0.4, -0.2) is 26.0 Å². The van der Waals surface area contributed by atoms with Crippen LogP contribution in [0.5, 0.6) is 0 Å². The van der Waals surface area contributed by atoms with E-state index in [1.54, 1.807) is 23.5 Å². The lowest BCUT2D eigenvalue weighted by molar-refractivity contribution is 0.247. The monoisotopic (exact) mass is 364 g/mol. The second-order valence-electron chi connectivity index (χ2n) is 6.61. The van der Waals surface area contributed by atoms with Crippen LogP contribution in [0.4, 0.5) is 4.39 Å². The van der Waals surface area contributed by atoms with Gasteiger partial charge < -0.3 is 0 Å². The van der Waals surface area contributed by atoms with E-state index in [4.69, 9.17) is 0 Å². The standard InChI is InChI=1S/C20H17FN4S/c21-17-7-5-15(6-8-17)19-22-23-20-25(19)13-18(26-20)12-24-10-9-14-3-1-2-4-16(14)11-24/h1-8,13H,9-12H2. The summed E-state index contributed by atoms with van der Waals surface area (Å²) in [5.74, 6) is 0.511. The van der Waals surface area contributed by atoms with E-state index >= 15 is 0 Å². The van der Waals surface area contributed by atoms with Crippen LogP contribution in [0.25, 0.3) is 16.3 Å². The van der Waals surface area contributed by atoms with E-state index in [0.29, 0.717) is 0 Å². The van der Waals surface area contributed by atoms with Crippen molar-refractivity contribution in [2.24, 2.45) is 0 Å². The number of nitrogens with zero attached hydrogens (tertiary/aromatic N) is 4. The molecule has 1 aliphatic heterocycles. The molecule has 4 aromatic rings. The molecule has 3 heterocycles. The third-order valence-corrected chi connectivity index (χ3v) is 5.81. The number of fused-ring (bicyclic) bond motifs is 2. The zero-order valence-corrected chi connectivity index (χ0v) is 14.9. The third kappa shape index (κ3) is 2.81. The molecule has 0 aliphatic carbocycles. The minimum atomic E-state index is -0.245. The van der Waals surface area contributed by atoms with Gasteiger partial charge in [0.05, 0.1) is 0 Å². The number of benzene rings is 2. The van der Waals surface area contributed by atoms with Crippen LogP contribution in [0, 0.1) is 5.82 Å². The summed E-state index contributed by atoms with van der Waals surface area (Å²) in [5.41, 5.74) is 3.76. The fourth-order valence-electron chi connectivity index (χ4n) is 3.53. The zero-order valence-electron chi connectivity index (χ0n) is 14.1. The quantitative estimate of drug-likeness (QED) is 0.547. The highest BCUT2D eigenvalue weighted by Gasteiger charge is 2.18. The molecule has 0 fully saturated rings. The molecule has 0 amide bonds. The van der Waals surface area contributed by atoms with Crippen molar-refractivity contribution in [3.05, 3.63) is 76.5 Å². The van der Waals surface area contributed by atoms with E-state index in [1.807, 2.05) is 4.40 Å². The third-order valence-electron chi connectivity index (χ3n) is 4.85. The van der Waals surface area contributed by atoms with Crippen molar-refractivity contribution in [2.45, 2.75) is 19.5 Å². The molecule has 2 aromatic carbocycles. The predicted molar refractivity (Wildman–Crippen MR) is 101 cm³/mol. The Morgan fingerprint density at radius 3 is 2.65 bits per heavy atom. The molecule has 5 rings (SSSR count). The highest BCUT2D eigenvalue weighted by atomic mass is 32.1. The predicted octanol–water partition coefficient (Wildman–Crippen LogP) is 4.16. The van der Waals surface area contributed by atoms with E-state index in [2.05, 4.69) is 45.6 Å². The van der Waals surface area contributed by atoms with Crippen molar-refractivity contribution in [3.63, 3.8) is 0 Å². The van der Waals surface area contributed by atoms with Gasteiger partial charge in [-0.15, -0.1) is 10.2 Å². The number of thiazole rings is 1. The van der Waals surface area contributed by atoms with Gasteiger partial charge in [0, 0.05) is 36.3 Å². The molecule has 26 heavy (non-hydrogen) atoms. The van der Waals surface area contributed by atoms with Crippen LogP contribution >= 0.6 is 11.3 Å². The smallest absolute Gasteiger partial charge is 0.216 e. The molecule has 0 saturated carbocycles. The van der Waals surface area contributed by atoms with Crippen molar-refractivity contribution in [3.8, 4) is 11.4 Å². The molecule has 0 atom stereocenters. The molecule has 0 N–H and O–H groups in total. The minimum Gasteiger partial charge on any atom is -0.294 e. The summed E-state index contributed by atoms with van der Waals surface area (Å²) in [5, 5.41) is 8.55. The largest absolute Gasteiger partial charge is 0.294 e. The first-order valence-corrected chi connectivity index (χ1v) is 9.46. The van der Waals surface area contributed by atoms with Gasteiger partial charge in [-0.1, -0.05) is 35.6 Å². The van der Waals surface area contributed by atoms with Gasteiger partial charge in [-0.05, 0) is 41.8 Å². The first-order valence-electron chi connectivity index (χ1n) is 8.65. The van der Waals surface area contributed by atoms with Crippen molar-refractivity contribution >= 4 is 16.3 Å². The van der Waals surface area contributed by atoms with E-state index in [1.165, 1.54) is 28.1 Å². The van der Waals surface area contributed by atoms with E-state index in [9.17, 15) is 4.39 Å². The number of rotatable bonds is 3. The molecule has 1 aliphatic rings. The maximum atomic E-state index is 13.2. The number of hydrogen-bond donors (Lipinski definition) is 0. The molecule has 130 valence electrons. The lowest BCUT2D eigenvalue weighted by Crippen LogP contribution is -2.29. The molecule has 0 spiro atoms. The molecular formula is C20H17FN4S. The summed E-state index contributed by atoms with van der Waals surface area (Å²) in [4.78, 5) is 4.60. The Kier molecular flexibility index (Phi) is 3.80. The van der Waals surface area contributed by atoms with Crippen LogP contribution in [0.3, 0.4) is 0 Å². The fraction of sp³-hybridized carbons (Fsp3) is 0.200. The fourth-order valence-corrected chi connectivity index (χ4v) is 4.49. The molecule has 2 aromatic heterocycles. The molecule has 6 heteroatoms. The first-order chi connectivity index (χ1) is 12.8. The zero-order chi connectivity index (χ0) is 17.5. The second-order valence-corrected chi connectivity index (χ2v) is 7.70. The maximum Gasteiger partial charge on any atom is 0.216 e. The Bertz CT molecular complexity index is 1070. The summed E-state index contributed by atoms with van der Waals surface area (Å²) >= 11 is 1.66. The first kappa shape index (κ1) is 15.7. The summed E-state index contributed by atoms with van der Waals surface area (Å²) < 4.78 is 15.2. The average Bonchev–Trinajstić information content (AvgIpc) is 3.22. The van der Waals surface area contributed by atoms with Gasteiger partial charge >= 0.3 is 0 Å². The molecular weight excluding hydrogens is 347 g/mol. The Morgan fingerprint density at radius 2 is 1.81 bits per heavy atom. The Morgan fingerprint density at radius 1 is 1.00 bits per heavy atom. The van der Waals surface area contributed by atoms with Crippen LogP contribution in [0.2, 0.25) is 0 Å². The van der Waals surface area contributed by atoms with Gasteiger partial charge in [0.25, 0.3) is 0 Å². The molecule has 0 saturated heterocycles. The van der Waals surface area contributed by atoms with Gasteiger partial charge in [0.15, 0.2) is 5.82 Å². The van der Waals surface area contributed by atoms with Crippen molar-refractivity contribution in [2.75, 3.05) is 6.54 Å². The van der Waals surface area contributed by atoms with E-state index < -0.39 is 0 Å². The SMILES string of the molecule is Fc1ccc(-c2nnc3sc(CN4CCc5ccccc5C4)cn23)cc1. The summed E-state index contributed by atoms with van der Waals surface area (Å²) in [6, 6.07) is 15.1. The molecule has 4 nitrogen and oxygen atoms in total. The van der Waals surface area contributed by atoms with Gasteiger partial charge in [-0.3, -0.25) is 9.30 Å². The molecule has 0 radical (unpaired) electrons. The maximum absolute atomic E-state index is 13.2. The van der Waals surface area contributed by atoms with Gasteiger partial charge in [-0.2, -0.15) is 0 Å². The van der Waals surface area contributed by atoms with Crippen LogP contribution in [0.1, 0.15) is 16.0 Å². The van der Waals surface area contributed by atoms with Crippen molar-refractivity contribution < 1.29 is 4.39 Å². The topological polar surface area (TPSA) is 33.4 Å². The van der Waals surface area contributed by atoms with Gasteiger partial charge in [0.2, 0.25) is 4.96 Å². The molecule has 0 bridgehead atoms. The van der Waals surface area contributed by atoms with Crippen LogP contribution < -0.4 is 0 Å². The summed E-state index contributed by atoms with van der Waals surface area (Å²) in [7, 11) is 0. The number of hydrogen-bond acceptors (Lipinski definition) is 4. The number of aromatic nitrogens is 3. The van der Waals surface area contributed by atoms with Crippen LogP contribution in [0.15, 0.2) is 54.7 Å². The Hall–Kier alpha value is -2.57. The Labute approximate surface area is 154 Å². The lowest BCUT2D eigenvalue weighted by Gasteiger charge is -2.28. The lowest BCUT2D eigenvalue weighted by atomic mass is 10.00. The van der Waals surface area contributed by atoms with Gasteiger partial charge in [-0.25, -0.2) is 4.39 Å². The minimum absolute atomic E-state index is 0.245. The van der Waals surface area contributed by atoms with Crippen molar-refractivity contribution in [1.82, 2.24) is 19.5 Å². The highest BCUT2D eigenvalue weighted by Crippen LogP contribution is 2.26. The normalized spacial score (nSPS) is 14.7. The summed E-state index contributed by atoms with van der Waals surface area (Å²) in [6.07, 6.45) is 3.21. The number of halogens is 1. The van der Waals surface area contributed by atoms with Gasteiger partial charge in [0.1, 0.15) is 5.82 Å². The second kappa shape index (κ2) is 6.30. The van der Waals surface area contributed by atoms with E-state index in [-0.39, 0.29) is 5.82 Å². The molecule has 0 unspecified atom stereocenters. The average molecular weight is 364 g/mol. The Balaban J connectivity index is 1.40. The highest BCUT2D eigenvalue weighted by molar-refractivity contribution is 7.17.